The number of carboxylic acid groups (broad SMARTS) is 1. The fraction of sp³-hybridized carbons (Fsp3) is 0.0833. The van der Waals surface area contributed by atoms with Gasteiger partial charge in [-0.25, -0.2) is 9.80 Å². The Balaban J connectivity index is 1.56. The molecule has 1 saturated heterocycles. The first-order valence-electron chi connectivity index (χ1n) is 10.0. The molecule has 2 aromatic carbocycles. The van der Waals surface area contributed by atoms with Gasteiger partial charge in [0.2, 0.25) is 0 Å². The SMILES string of the molecule is CCOC(=O)c1ccc(N2NC(=O)/C(=C\c3ccc(-c4ccc(Cl)c(C(=O)[O-])c4)o3)C2=O)cc1. The van der Waals surface area contributed by atoms with Gasteiger partial charge in [-0.3, -0.25) is 15.0 Å². The lowest BCUT2D eigenvalue weighted by Crippen LogP contribution is -2.35. The lowest BCUT2D eigenvalue weighted by Gasteiger charge is -2.14. The third kappa shape index (κ3) is 4.41. The Bertz CT molecular complexity index is 1340. The minimum atomic E-state index is -1.43. The van der Waals surface area contributed by atoms with Crippen molar-refractivity contribution in [3.8, 4) is 11.3 Å². The number of halogens is 1. The molecular formula is C24H16ClN2O7-. The van der Waals surface area contributed by atoms with Crippen LogP contribution >= 0.6 is 11.6 Å². The number of benzene rings is 2. The molecular weight excluding hydrogens is 464 g/mol. The van der Waals surface area contributed by atoms with Crippen LogP contribution in [0, 0.1) is 0 Å². The lowest BCUT2D eigenvalue weighted by atomic mass is 10.1. The molecule has 0 bridgehead atoms. The highest BCUT2D eigenvalue weighted by atomic mass is 35.5. The summed E-state index contributed by atoms with van der Waals surface area (Å²) in [6.45, 7) is 1.93. The van der Waals surface area contributed by atoms with Crippen LogP contribution in [-0.2, 0) is 14.3 Å². The zero-order valence-corrected chi connectivity index (χ0v) is 18.4. The minimum absolute atomic E-state index is 0.0289. The van der Waals surface area contributed by atoms with E-state index < -0.39 is 23.8 Å². The quantitative estimate of drug-likeness (QED) is 0.327. The van der Waals surface area contributed by atoms with E-state index >= 15 is 0 Å². The molecule has 172 valence electrons. The largest absolute Gasteiger partial charge is 0.545 e. The average molecular weight is 480 g/mol. The van der Waals surface area contributed by atoms with Gasteiger partial charge in [-0.05, 0) is 67.6 Å². The number of furan rings is 1. The normalized spacial score (nSPS) is 14.4. The van der Waals surface area contributed by atoms with Gasteiger partial charge < -0.3 is 19.1 Å². The summed E-state index contributed by atoms with van der Waals surface area (Å²) >= 11 is 5.86. The molecule has 0 aliphatic carbocycles. The van der Waals surface area contributed by atoms with Gasteiger partial charge >= 0.3 is 5.97 Å². The molecule has 10 heteroatoms. The topological polar surface area (TPSA) is 129 Å². The number of nitrogens with one attached hydrogen (secondary N) is 1. The number of carboxylic acids is 1. The van der Waals surface area contributed by atoms with Crippen LogP contribution in [0.3, 0.4) is 0 Å². The van der Waals surface area contributed by atoms with E-state index in [0.717, 1.165) is 5.01 Å². The summed E-state index contributed by atoms with van der Waals surface area (Å²) in [6, 6.07) is 13.4. The number of carbonyl (C=O) groups excluding carboxylic acids is 4. The Morgan fingerprint density at radius 2 is 1.85 bits per heavy atom. The van der Waals surface area contributed by atoms with Crippen molar-refractivity contribution in [2.75, 3.05) is 11.6 Å². The fourth-order valence-corrected chi connectivity index (χ4v) is 3.46. The third-order valence-electron chi connectivity index (χ3n) is 4.91. The summed E-state index contributed by atoms with van der Waals surface area (Å²) in [6.07, 6.45) is 1.28. The van der Waals surface area contributed by atoms with Gasteiger partial charge in [-0.15, -0.1) is 0 Å². The highest BCUT2D eigenvalue weighted by Crippen LogP contribution is 2.28. The van der Waals surface area contributed by atoms with Crippen LogP contribution in [0.15, 0.2) is 64.6 Å². The van der Waals surface area contributed by atoms with E-state index in [-0.39, 0.29) is 28.5 Å². The maximum absolute atomic E-state index is 12.8. The van der Waals surface area contributed by atoms with Crippen molar-refractivity contribution in [3.63, 3.8) is 0 Å². The number of aromatic carboxylic acids is 1. The molecule has 0 saturated carbocycles. The molecule has 0 atom stereocenters. The third-order valence-corrected chi connectivity index (χ3v) is 5.24. The first-order valence-corrected chi connectivity index (χ1v) is 10.4. The zero-order chi connectivity index (χ0) is 24.4. The van der Waals surface area contributed by atoms with E-state index in [9.17, 15) is 24.3 Å². The molecule has 4 rings (SSSR count). The van der Waals surface area contributed by atoms with Crippen LogP contribution in [0.25, 0.3) is 17.4 Å². The number of hydrazine groups is 1. The predicted octanol–water partition coefficient (Wildman–Crippen LogP) is 2.60. The molecule has 2 heterocycles. The Morgan fingerprint density at radius 1 is 1.12 bits per heavy atom. The van der Waals surface area contributed by atoms with Gasteiger partial charge in [0, 0.05) is 16.1 Å². The van der Waals surface area contributed by atoms with Crippen LogP contribution < -0.4 is 15.5 Å². The van der Waals surface area contributed by atoms with Crippen LogP contribution in [0.2, 0.25) is 5.02 Å². The number of amides is 2. The van der Waals surface area contributed by atoms with Crippen molar-refractivity contribution < 1.29 is 33.4 Å². The van der Waals surface area contributed by atoms with E-state index in [1.54, 1.807) is 19.1 Å². The van der Waals surface area contributed by atoms with Crippen LogP contribution in [0.4, 0.5) is 5.69 Å². The smallest absolute Gasteiger partial charge is 0.338 e. The lowest BCUT2D eigenvalue weighted by molar-refractivity contribution is -0.255. The molecule has 9 nitrogen and oxygen atoms in total. The predicted molar refractivity (Wildman–Crippen MR) is 119 cm³/mol. The summed E-state index contributed by atoms with van der Waals surface area (Å²) < 4.78 is 10.6. The van der Waals surface area contributed by atoms with E-state index in [0.29, 0.717) is 22.6 Å². The molecule has 1 aliphatic heterocycles. The number of esters is 1. The molecule has 0 spiro atoms. The van der Waals surface area contributed by atoms with Gasteiger partial charge in [0.15, 0.2) is 0 Å². The van der Waals surface area contributed by atoms with Crippen LogP contribution in [0.5, 0.6) is 0 Å². The average Bonchev–Trinajstić information content (AvgIpc) is 3.40. The summed E-state index contributed by atoms with van der Waals surface area (Å²) in [5, 5.41) is 12.3. The molecule has 1 aromatic heterocycles. The number of anilines is 1. The molecule has 1 fully saturated rings. The standard InChI is InChI=1S/C24H17ClN2O7/c1-2-33-24(32)13-3-6-15(7-4-13)27-22(29)18(21(28)26-27)12-16-8-10-20(34-16)14-5-9-19(25)17(11-14)23(30)31/h3-12H,2H2,1H3,(H,26,28)(H,30,31)/p-1/b18-12+. The summed E-state index contributed by atoms with van der Waals surface area (Å²) in [4.78, 5) is 48.2. The van der Waals surface area contributed by atoms with Crippen LogP contribution in [-0.4, -0.2) is 30.4 Å². The Kier molecular flexibility index (Phi) is 6.20. The van der Waals surface area contributed by atoms with Crippen molar-refractivity contribution in [1.29, 1.82) is 0 Å². The van der Waals surface area contributed by atoms with E-state index in [4.69, 9.17) is 20.8 Å². The number of ether oxygens (including phenoxy) is 1. The van der Waals surface area contributed by atoms with Crippen molar-refractivity contribution in [2.24, 2.45) is 0 Å². The molecule has 34 heavy (non-hydrogen) atoms. The Labute approximate surface area is 198 Å². The molecule has 1 N–H and O–H groups in total. The maximum Gasteiger partial charge on any atom is 0.338 e. The maximum atomic E-state index is 12.8. The monoisotopic (exact) mass is 479 g/mol. The number of carbonyl (C=O) groups is 4. The van der Waals surface area contributed by atoms with E-state index in [2.05, 4.69) is 5.43 Å². The Hall–Kier alpha value is -4.37. The van der Waals surface area contributed by atoms with E-state index in [1.165, 1.54) is 48.5 Å². The fourth-order valence-electron chi connectivity index (χ4n) is 3.26. The van der Waals surface area contributed by atoms with Crippen molar-refractivity contribution in [3.05, 3.63) is 82.1 Å². The van der Waals surface area contributed by atoms with Gasteiger partial charge in [0.1, 0.15) is 17.1 Å². The summed E-state index contributed by atoms with van der Waals surface area (Å²) in [5.74, 6) is -2.65. The second kappa shape index (κ2) is 9.24. The number of hydrogen-bond donors (Lipinski definition) is 1. The van der Waals surface area contributed by atoms with Crippen molar-refractivity contribution >= 4 is 47.1 Å². The molecule has 1 aliphatic rings. The van der Waals surface area contributed by atoms with Crippen LogP contribution in [0.1, 0.15) is 33.4 Å². The summed E-state index contributed by atoms with van der Waals surface area (Å²) in [7, 11) is 0. The number of rotatable bonds is 6. The number of nitrogens with zero attached hydrogens (tertiary/aromatic N) is 1. The highest BCUT2D eigenvalue weighted by molar-refractivity contribution is 6.33. The highest BCUT2D eigenvalue weighted by Gasteiger charge is 2.34. The first kappa shape index (κ1) is 22.8. The van der Waals surface area contributed by atoms with Crippen molar-refractivity contribution in [1.82, 2.24) is 5.43 Å². The molecule has 3 aromatic rings. The molecule has 0 radical (unpaired) electrons. The van der Waals surface area contributed by atoms with Gasteiger partial charge in [-0.2, -0.15) is 0 Å². The molecule has 2 amide bonds. The van der Waals surface area contributed by atoms with Gasteiger partial charge in [0.25, 0.3) is 11.8 Å². The second-order valence-electron chi connectivity index (χ2n) is 7.09. The minimum Gasteiger partial charge on any atom is -0.545 e. The summed E-state index contributed by atoms with van der Waals surface area (Å²) in [5.41, 5.74) is 3.20. The van der Waals surface area contributed by atoms with Crippen molar-refractivity contribution in [2.45, 2.75) is 6.92 Å². The Morgan fingerprint density at radius 3 is 2.53 bits per heavy atom. The molecule has 0 unspecified atom stereocenters. The van der Waals surface area contributed by atoms with Gasteiger partial charge in [0.05, 0.1) is 23.8 Å². The first-order chi connectivity index (χ1) is 16.3. The number of hydrogen-bond acceptors (Lipinski definition) is 7. The van der Waals surface area contributed by atoms with Gasteiger partial charge in [-0.1, -0.05) is 11.6 Å². The van der Waals surface area contributed by atoms with E-state index in [1.807, 2.05) is 0 Å². The zero-order valence-electron chi connectivity index (χ0n) is 17.7. The second-order valence-corrected chi connectivity index (χ2v) is 7.50.